The summed E-state index contributed by atoms with van der Waals surface area (Å²) in [5, 5.41) is 14.5. The van der Waals surface area contributed by atoms with E-state index in [0.717, 1.165) is 27.8 Å². The molecule has 0 fully saturated rings. The largest absolute Gasteiger partial charge is 0.340 e. The highest BCUT2D eigenvalue weighted by atomic mass is 15.1. The number of hydrogen-bond acceptors (Lipinski definition) is 7. The van der Waals surface area contributed by atoms with E-state index < -0.39 is 0 Å². The lowest BCUT2D eigenvalue weighted by Gasteiger charge is -2.11. The second-order valence-electron chi connectivity index (χ2n) is 6.32. The van der Waals surface area contributed by atoms with E-state index in [-0.39, 0.29) is 0 Å². The topological polar surface area (TPSA) is 104 Å². The van der Waals surface area contributed by atoms with Crippen LogP contribution in [-0.2, 0) is 0 Å². The van der Waals surface area contributed by atoms with E-state index in [2.05, 4.69) is 40.8 Å². The van der Waals surface area contributed by atoms with Gasteiger partial charge in [0.25, 0.3) is 0 Å². The molecule has 0 aliphatic rings. The highest BCUT2D eigenvalue weighted by Gasteiger charge is 2.11. The first kappa shape index (κ1) is 16.8. The molecule has 0 bridgehead atoms. The molecule has 0 spiro atoms. The quantitative estimate of drug-likeness (QED) is 0.418. The number of para-hydroxylation sites is 1. The summed E-state index contributed by atoms with van der Waals surface area (Å²) in [6.07, 6.45) is 4.99. The van der Waals surface area contributed by atoms with E-state index >= 15 is 0 Å². The fourth-order valence-electron chi connectivity index (χ4n) is 2.98. The van der Waals surface area contributed by atoms with E-state index in [4.69, 9.17) is 0 Å². The Morgan fingerprint density at radius 2 is 1.72 bits per heavy atom. The lowest BCUT2D eigenvalue weighted by molar-refractivity contribution is 1.06. The third kappa shape index (κ3) is 3.59. The van der Waals surface area contributed by atoms with Gasteiger partial charge in [0.2, 0.25) is 5.95 Å². The van der Waals surface area contributed by atoms with Gasteiger partial charge in [-0.2, -0.15) is 10.1 Å². The van der Waals surface area contributed by atoms with Crippen molar-refractivity contribution in [3.05, 3.63) is 79.4 Å². The lowest BCUT2D eigenvalue weighted by atomic mass is 10.2. The Bertz CT molecular complexity index is 1270. The maximum Gasteiger partial charge on any atom is 0.230 e. The van der Waals surface area contributed by atoms with E-state index in [9.17, 15) is 0 Å². The molecule has 0 saturated carbocycles. The number of fused-ring (bicyclic) bond motifs is 1. The number of rotatable bonds is 5. The number of benzene rings is 2. The summed E-state index contributed by atoms with van der Waals surface area (Å²) >= 11 is 0. The highest BCUT2D eigenvalue weighted by molar-refractivity contribution is 5.82. The molecule has 8 nitrogen and oxygen atoms in total. The molecule has 3 heterocycles. The van der Waals surface area contributed by atoms with Crippen LogP contribution in [0.2, 0.25) is 0 Å². The smallest absolute Gasteiger partial charge is 0.230 e. The van der Waals surface area contributed by atoms with Gasteiger partial charge in [-0.05, 0) is 42.5 Å². The zero-order valence-electron chi connectivity index (χ0n) is 15.2. The van der Waals surface area contributed by atoms with Crippen molar-refractivity contribution in [2.24, 2.45) is 0 Å². The first-order valence-electron chi connectivity index (χ1n) is 9.02. The minimum Gasteiger partial charge on any atom is -0.340 e. The van der Waals surface area contributed by atoms with Crippen molar-refractivity contribution in [3.8, 4) is 11.4 Å². The predicted molar refractivity (Wildman–Crippen MR) is 112 cm³/mol. The fourth-order valence-corrected chi connectivity index (χ4v) is 2.98. The van der Waals surface area contributed by atoms with Crippen LogP contribution in [0.4, 0.5) is 23.1 Å². The van der Waals surface area contributed by atoms with E-state index in [1.165, 1.54) is 6.33 Å². The standard InChI is InChI=1S/C21H16N8/c1-2-5-15(6-3-1)26-19-17(7-4-10-22-19)20-23-13-24-21(28-20)27-16-8-9-18-14(11-16)12-25-29-18/h1-13H,(H,22,26)(H,25,29)(H,23,24,27,28). The number of anilines is 4. The number of pyridine rings is 1. The SMILES string of the molecule is c1ccc(Nc2ncccc2-c2ncnc(Nc3ccc4[nH]ncc4c3)n2)cc1. The molecule has 8 heteroatoms. The van der Waals surface area contributed by atoms with Crippen LogP contribution in [-0.4, -0.2) is 30.1 Å². The molecule has 29 heavy (non-hydrogen) atoms. The lowest BCUT2D eigenvalue weighted by Crippen LogP contribution is -2.02. The van der Waals surface area contributed by atoms with Crippen molar-refractivity contribution in [2.75, 3.05) is 10.6 Å². The van der Waals surface area contributed by atoms with Gasteiger partial charge in [0.15, 0.2) is 5.82 Å². The van der Waals surface area contributed by atoms with Crippen LogP contribution in [0.25, 0.3) is 22.3 Å². The Morgan fingerprint density at radius 3 is 2.66 bits per heavy atom. The number of aromatic amines is 1. The van der Waals surface area contributed by atoms with Gasteiger partial charge in [0.1, 0.15) is 12.1 Å². The van der Waals surface area contributed by atoms with Crippen molar-refractivity contribution >= 4 is 34.0 Å². The molecule has 5 rings (SSSR count). The number of nitrogens with one attached hydrogen (secondary N) is 3. The zero-order valence-corrected chi connectivity index (χ0v) is 15.2. The summed E-state index contributed by atoms with van der Waals surface area (Å²) in [6.45, 7) is 0. The molecule has 0 amide bonds. The zero-order chi connectivity index (χ0) is 19.5. The summed E-state index contributed by atoms with van der Waals surface area (Å²) in [4.78, 5) is 17.6. The summed E-state index contributed by atoms with van der Waals surface area (Å²) in [5.74, 6) is 1.65. The Kier molecular flexibility index (Phi) is 4.26. The third-order valence-corrected chi connectivity index (χ3v) is 4.35. The number of aromatic nitrogens is 6. The fraction of sp³-hybridized carbons (Fsp3) is 0. The average Bonchev–Trinajstić information content (AvgIpc) is 3.23. The van der Waals surface area contributed by atoms with Gasteiger partial charge in [0.05, 0.1) is 17.3 Å². The maximum atomic E-state index is 4.57. The molecule has 3 aromatic heterocycles. The molecule has 0 unspecified atom stereocenters. The van der Waals surface area contributed by atoms with Crippen LogP contribution in [0.1, 0.15) is 0 Å². The number of nitrogens with zero attached hydrogens (tertiary/aromatic N) is 5. The van der Waals surface area contributed by atoms with Gasteiger partial charge in [-0.3, -0.25) is 5.10 Å². The van der Waals surface area contributed by atoms with E-state index in [1.54, 1.807) is 12.4 Å². The maximum absolute atomic E-state index is 4.57. The van der Waals surface area contributed by atoms with Gasteiger partial charge < -0.3 is 10.6 Å². The van der Waals surface area contributed by atoms with Crippen LogP contribution in [0, 0.1) is 0 Å². The molecule has 3 N–H and O–H groups in total. The van der Waals surface area contributed by atoms with Gasteiger partial charge in [-0.15, -0.1) is 0 Å². The van der Waals surface area contributed by atoms with Gasteiger partial charge in [-0.1, -0.05) is 18.2 Å². The molecule has 0 aliphatic heterocycles. The Balaban J connectivity index is 1.45. The molecule has 2 aromatic carbocycles. The Labute approximate surface area is 166 Å². The molecule has 0 atom stereocenters. The molecule has 140 valence electrons. The number of hydrogen-bond donors (Lipinski definition) is 3. The summed E-state index contributed by atoms with van der Waals surface area (Å²) in [6, 6.07) is 19.5. The molecule has 0 saturated heterocycles. The molecular formula is C21H16N8. The minimum atomic E-state index is 0.451. The van der Waals surface area contributed by atoms with Crippen LogP contribution in [0.5, 0.6) is 0 Å². The first-order valence-corrected chi connectivity index (χ1v) is 9.02. The number of H-pyrrole nitrogens is 1. The molecule has 5 aromatic rings. The van der Waals surface area contributed by atoms with E-state index in [0.29, 0.717) is 17.6 Å². The van der Waals surface area contributed by atoms with Crippen molar-refractivity contribution in [1.82, 2.24) is 30.1 Å². The van der Waals surface area contributed by atoms with Gasteiger partial charge in [-0.25, -0.2) is 15.0 Å². The van der Waals surface area contributed by atoms with Crippen molar-refractivity contribution in [2.45, 2.75) is 0 Å². The Morgan fingerprint density at radius 1 is 0.793 bits per heavy atom. The second kappa shape index (κ2) is 7.35. The Hall–Kier alpha value is -4.33. The molecule has 0 aliphatic carbocycles. The van der Waals surface area contributed by atoms with Crippen molar-refractivity contribution in [3.63, 3.8) is 0 Å². The van der Waals surface area contributed by atoms with Crippen LogP contribution in [0.3, 0.4) is 0 Å². The first-order chi connectivity index (χ1) is 14.3. The van der Waals surface area contributed by atoms with Crippen molar-refractivity contribution < 1.29 is 0 Å². The molecule has 0 radical (unpaired) electrons. The third-order valence-electron chi connectivity index (χ3n) is 4.35. The van der Waals surface area contributed by atoms with E-state index in [1.807, 2.05) is 60.7 Å². The second-order valence-corrected chi connectivity index (χ2v) is 6.32. The summed E-state index contributed by atoms with van der Waals surface area (Å²) in [7, 11) is 0. The summed E-state index contributed by atoms with van der Waals surface area (Å²) in [5.41, 5.74) is 3.56. The van der Waals surface area contributed by atoms with Crippen LogP contribution >= 0.6 is 0 Å². The highest BCUT2D eigenvalue weighted by Crippen LogP contribution is 2.26. The normalized spacial score (nSPS) is 10.8. The predicted octanol–water partition coefficient (Wildman–Crippen LogP) is 4.30. The van der Waals surface area contributed by atoms with Gasteiger partial charge in [0, 0.05) is 23.0 Å². The van der Waals surface area contributed by atoms with Gasteiger partial charge >= 0.3 is 0 Å². The summed E-state index contributed by atoms with van der Waals surface area (Å²) < 4.78 is 0. The van der Waals surface area contributed by atoms with Crippen LogP contribution < -0.4 is 10.6 Å². The average molecular weight is 380 g/mol. The minimum absolute atomic E-state index is 0.451. The van der Waals surface area contributed by atoms with Crippen LogP contribution in [0.15, 0.2) is 79.4 Å². The molecular weight excluding hydrogens is 364 g/mol. The monoisotopic (exact) mass is 380 g/mol. The van der Waals surface area contributed by atoms with Crippen molar-refractivity contribution in [1.29, 1.82) is 0 Å².